The van der Waals surface area contributed by atoms with E-state index >= 15 is 0 Å². The predicted molar refractivity (Wildman–Crippen MR) is 86.0 cm³/mol. The Morgan fingerprint density at radius 3 is 2.60 bits per heavy atom. The number of allylic oxidation sites excluding steroid dienone is 2. The van der Waals surface area contributed by atoms with Gasteiger partial charge in [-0.05, 0) is 43.6 Å². The first-order chi connectivity index (χ1) is 9.65. The van der Waals surface area contributed by atoms with Crippen molar-refractivity contribution in [2.24, 2.45) is 22.6 Å². The molecule has 0 spiro atoms. The van der Waals surface area contributed by atoms with E-state index < -0.39 is 0 Å². The average molecular weight is 289 g/mol. The zero-order valence-corrected chi connectivity index (χ0v) is 12.6. The van der Waals surface area contributed by atoms with Crippen LogP contribution in [0.5, 0.6) is 0 Å². The summed E-state index contributed by atoms with van der Waals surface area (Å²) in [6, 6.07) is 8.36. The van der Waals surface area contributed by atoms with Crippen LogP contribution in [-0.2, 0) is 0 Å². The smallest absolute Gasteiger partial charge is 0.0505 e. The fraction of sp³-hybridized carbons (Fsp3) is 0.471. The van der Waals surface area contributed by atoms with Gasteiger partial charge in [0.1, 0.15) is 0 Å². The zero-order chi connectivity index (χ0) is 14.1. The second-order valence-electron chi connectivity index (χ2n) is 6.13. The molecule has 0 aliphatic heterocycles. The second-order valence-corrected chi connectivity index (χ2v) is 6.54. The van der Waals surface area contributed by atoms with Gasteiger partial charge in [0.2, 0.25) is 0 Å². The maximum atomic E-state index is 6.33. The highest BCUT2D eigenvalue weighted by Gasteiger charge is 2.28. The molecule has 20 heavy (non-hydrogen) atoms. The number of aliphatic imine (C=N–C) groups is 1. The molecule has 0 saturated heterocycles. The van der Waals surface area contributed by atoms with E-state index in [1.54, 1.807) is 0 Å². The fourth-order valence-electron chi connectivity index (χ4n) is 2.76. The topological polar surface area (TPSA) is 38.4 Å². The van der Waals surface area contributed by atoms with Gasteiger partial charge in [0.25, 0.3) is 0 Å². The van der Waals surface area contributed by atoms with E-state index in [0.29, 0.717) is 12.0 Å². The molecule has 0 amide bonds. The van der Waals surface area contributed by atoms with Crippen molar-refractivity contribution in [1.82, 2.24) is 0 Å². The number of nitrogens with two attached hydrogens (primary N) is 1. The normalized spacial score (nSPS) is 27.3. The van der Waals surface area contributed by atoms with Crippen LogP contribution in [0.3, 0.4) is 0 Å². The molecule has 2 fully saturated rings. The lowest BCUT2D eigenvalue weighted by molar-refractivity contribution is 0.293. The van der Waals surface area contributed by atoms with Gasteiger partial charge in [-0.25, -0.2) is 0 Å². The van der Waals surface area contributed by atoms with Gasteiger partial charge in [-0.3, -0.25) is 4.99 Å². The maximum Gasteiger partial charge on any atom is 0.0505 e. The van der Waals surface area contributed by atoms with Gasteiger partial charge in [-0.2, -0.15) is 0 Å². The maximum absolute atomic E-state index is 6.33. The lowest BCUT2D eigenvalue weighted by Gasteiger charge is -2.29. The van der Waals surface area contributed by atoms with Crippen molar-refractivity contribution < 1.29 is 0 Å². The minimum absolute atomic E-state index is 0.467. The van der Waals surface area contributed by atoms with Crippen molar-refractivity contribution in [2.45, 2.75) is 38.6 Å². The molecule has 2 aliphatic carbocycles. The summed E-state index contributed by atoms with van der Waals surface area (Å²) < 4.78 is 0. The molecule has 2 N–H and O–H groups in total. The lowest BCUT2D eigenvalue weighted by Crippen LogP contribution is -2.24. The van der Waals surface area contributed by atoms with Crippen LogP contribution in [-0.4, -0.2) is 12.3 Å². The highest BCUT2D eigenvalue weighted by atomic mass is 35.5. The Morgan fingerprint density at radius 1 is 1.30 bits per heavy atom. The molecule has 0 heterocycles. The molecule has 3 rings (SSSR count). The summed E-state index contributed by atoms with van der Waals surface area (Å²) >= 11 is 6.32. The van der Waals surface area contributed by atoms with E-state index in [-0.39, 0.29) is 0 Å². The molecular formula is C17H21ClN2. The number of benzene rings is 1. The third-order valence-corrected chi connectivity index (χ3v) is 4.59. The summed E-state index contributed by atoms with van der Waals surface area (Å²) in [5, 5.41) is 0.750. The molecule has 0 unspecified atom stereocenters. The summed E-state index contributed by atoms with van der Waals surface area (Å²) in [5.74, 6) is 1.33. The van der Waals surface area contributed by atoms with Crippen LogP contribution in [0.25, 0.3) is 5.57 Å². The van der Waals surface area contributed by atoms with Gasteiger partial charge in [-0.1, -0.05) is 36.7 Å². The largest absolute Gasteiger partial charge is 0.401 e. The molecule has 0 radical (unpaired) electrons. The Morgan fingerprint density at radius 2 is 2.00 bits per heavy atom. The summed E-state index contributed by atoms with van der Waals surface area (Å²) in [7, 11) is 0. The molecule has 0 aromatic heterocycles. The summed E-state index contributed by atoms with van der Waals surface area (Å²) in [4.78, 5) is 4.71. The summed E-state index contributed by atoms with van der Waals surface area (Å²) in [5.41, 5.74) is 9.31. The Bertz CT molecular complexity index is 552. The summed E-state index contributed by atoms with van der Waals surface area (Å²) in [6.45, 7) is 2.27. The van der Waals surface area contributed by atoms with Gasteiger partial charge in [0, 0.05) is 28.1 Å². The van der Waals surface area contributed by atoms with Crippen LogP contribution in [0.1, 0.15) is 38.2 Å². The first-order valence-electron chi connectivity index (χ1n) is 7.43. The Balaban J connectivity index is 1.89. The molecule has 3 heteroatoms. The van der Waals surface area contributed by atoms with Gasteiger partial charge in [-0.15, -0.1) is 0 Å². The Hall–Kier alpha value is -1.28. The molecule has 2 nitrogen and oxygen atoms in total. The van der Waals surface area contributed by atoms with Crippen LogP contribution < -0.4 is 5.73 Å². The highest BCUT2D eigenvalue weighted by Crippen LogP contribution is 2.38. The summed E-state index contributed by atoms with van der Waals surface area (Å²) in [6.07, 6.45) is 6.72. The lowest BCUT2D eigenvalue weighted by atomic mass is 9.82. The number of hydrogen-bond acceptors (Lipinski definition) is 2. The molecule has 2 aliphatic rings. The Kier molecular flexibility index (Phi) is 3.84. The van der Waals surface area contributed by atoms with Crippen LogP contribution in [0.4, 0.5) is 0 Å². The Labute approximate surface area is 125 Å². The highest BCUT2D eigenvalue weighted by molar-refractivity contribution is 6.34. The monoisotopic (exact) mass is 288 g/mol. The van der Waals surface area contributed by atoms with E-state index in [4.69, 9.17) is 22.3 Å². The average Bonchev–Trinajstić information content (AvgIpc) is 3.22. The van der Waals surface area contributed by atoms with Gasteiger partial charge < -0.3 is 5.73 Å². The minimum atomic E-state index is 0.467. The van der Waals surface area contributed by atoms with E-state index in [0.717, 1.165) is 27.8 Å². The van der Waals surface area contributed by atoms with Crippen LogP contribution >= 0.6 is 11.6 Å². The number of hydrogen-bond donors (Lipinski definition) is 1. The third-order valence-electron chi connectivity index (χ3n) is 4.26. The van der Waals surface area contributed by atoms with E-state index in [1.807, 2.05) is 30.5 Å². The minimum Gasteiger partial charge on any atom is -0.401 e. The molecule has 2 saturated carbocycles. The number of halogens is 1. The standard InChI is InChI=1S/C17H21ClN2/c1-11-8-13(9-11)20-10-15(17(19)12-6-7-12)14-4-2-3-5-16(14)18/h2-5,10-13H,6-9,19H2,1H3. The van der Waals surface area contributed by atoms with Crippen molar-refractivity contribution in [1.29, 1.82) is 0 Å². The second kappa shape index (κ2) is 5.61. The van der Waals surface area contributed by atoms with Gasteiger partial charge in [0.15, 0.2) is 0 Å². The zero-order valence-electron chi connectivity index (χ0n) is 11.8. The molecule has 0 bridgehead atoms. The molecule has 0 atom stereocenters. The molecular weight excluding hydrogens is 268 g/mol. The first-order valence-corrected chi connectivity index (χ1v) is 7.80. The molecule has 1 aromatic carbocycles. The number of nitrogens with zero attached hydrogens (tertiary/aromatic N) is 1. The van der Waals surface area contributed by atoms with Gasteiger partial charge in [0.05, 0.1) is 6.04 Å². The molecule has 106 valence electrons. The van der Waals surface area contributed by atoms with E-state index in [1.165, 1.54) is 25.7 Å². The van der Waals surface area contributed by atoms with Gasteiger partial charge >= 0.3 is 0 Å². The first kappa shape index (κ1) is 13.7. The van der Waals surface area contributed by atoms with Crippen LogP contribution in [0, 0.1) is 11.8 Å². The predicted octanol–water partition coefficient (Wildman–Crippen LogP) is 4.29. The quantitative estimate of drug-likeness (QED) is 0.825. The van der Waals surface area contributed by atoms with Crippen LogP contribution in [0.2, 0.25) is 5.02 Å². The van der Waals surface area contributed by atoms with Crippen molar-refractivity contribution >= 4 is 23.4 Å². The van der Waals surface area contributed by atoms with Crippen molar-refractivity contribution in [3.63, 3.8) is 0 Å². The van der Waals surface area contributed by atoms with Crippen molar-refractivity contribution in [3.8, 4) is 0 Å². The number of rotatable bonds is 4. The van der Waals surface area contributed by atoms with Crippen LogP contribution in [0.15, 0.2) is 35.0 Å². The van der Waals surface area contributed by atoms with E-state index in [2.05, 4.69) is 6.92 Å². The van der Waals surface area contributed by atoms with Crippen molar-refractivity contribution in [3.05, 3.63) is 40.5 Å². The fourth-order valence-corrected chi connectivity index (χ4v) is 2.99. The van der Waals surface area contributed by atoms with Crippen molar-refractivity contribution in [2.75, 3.05) is 0 Å². The molecule has 1 aromatic rings. The SMILES string of the molecule is CC1CC(N=CC(=C(N)C2CC2)c2ccccc2Cl)C1. The third kappa shape index (κ3) is 2.90. The van der Waals surface area contributed by atoms with E-state index in [9.17, 15) is 0 Å².